The van der Waals surface area contributed by atoms with E-state index in [0.29, 0.717) is 6.54 Å². The van der Waals surface area contributed by atoms with Crippen molar-refractivity contribution < 1.29 is 9.84 Å². The van der Waals surface area contributed by atoms with Crippen LogP contribution in [-0.4, -0.2) is 74.6 Å². The molecule has 1 atom stereocenters. The van der Waals surface area contributed by atoms with E-state index in [0.717, 1.165) is 57.9 Å². The average Bonchev–Trinajstić information content (AvgIpc) is 2.52. The quantitative estimate of drug-likeness (QED) is 0.219. The molecule has 0 aromatic rings. The van der Waals surface area contributed by atoms with Gasteiger partial charge in [0.05, 0.1) is 18.8 Å². The summed E-state index contributed by atoms with van der Waals surface area (Å²) in [5.41, 5.74) is 0.0778. The van der Waals surface area contributed by atoms with E-state index in [2.05, 4.69) is 48.2 Å². The lowest BCUT2D eigenvalue weighted by molar-refractivity contribution is 0.0241. The van der Waals surface area contributed by atoms with Crippen molar-refractivity contribution in [3.8, 4) is 0 Å². The molecule has 0 radical (unpaired) electrons. The van der Waals surface area contributed by atoms with E-state index in [9.17, 15) is 5.11 Å². The summed E-state index contributed by atoms with van der Waals surface area (Å²) in [7, 11) is 1.75. The number of hydrogen-bond acceptors (Lipinski definition) is 4. The molecule has 0 amide bonds. The molecule has 1 unspecified atom stereocenters. The summed E-state index contributed by atoms with van der Waals surface area (Å²) in [6, 6.07) is 0. The minimum atomic E-state index is -0.0941. The van der Waals surface area contributed by atoms with Crippen LogP contribution in [0.4, 0.5) is 0 Å². The fraction of sp³-hybridized carbons (Fsp3) is 0.944. The highest BCUT2D eigenvalue weighted by molar-refractivity contribution is 14.0. The van der Waals surface area contributed by atoms with Gasteiger partial charge in [-0.3, -0.25) is 4.99 Å². The Morgan fingerprint density at radius 3 is 2.44 bits per heavy atom. The van der Waals surface area contributed by atoms with Gasteiger partial charge in [-0.05, 0) is 38.1 Å². The highest BCUT2D eigenvalue weighted by Crippen LogP contribution is 2.21. The van der Waals surface area contributed by atoms with E-state index >= 15 is 0 Å². The SMILES string of the molecule is CCNC(=NCC(OC)C(C)(C)C)NCCCN1CCC(O)CC1.I. The van der Waals surface area contributed by atoms with Crippen LogP contribution in [0.2, 0.25) is 0 Å². The predicted molar refractivity (Wildman–Crippen MR) is 116 cm³/mol. The maximum absolute atomic E-state index is 9.54. The van der Waals surface area contributed by atoms with Gasteiger partial charge in [-0.2, -0.15) is 0 Å². The van der Waals surface area contributed by atoms with Crippen molar-refractivity contribution in [1.29, 1.82) is 0 Å². The third kappa shape index (κ3) is 10.6. The van der Waals surface area contributed by atoms with Crippen LogP contribution < -0.4 is 10.6 Å². The first-order chi connectivity index (χ1) is 11.4. The number of piperidine rings is 1. The standard InChI is InChI=1S/C18H38N4O2.HI/c1-6-19-17(21-14-16(24-5)18(2,3)4)20-10-7-11-22-12-8-15(23)9-13-22;/h15-16,23H,6-14H2,1-5H3,(H2,19,20,21);1H. The molecule has 0 aliphatic carbocycles. The van der Waals surface area contributed by atoms with Gasteiger partial charge in [0.25, 0.3) is 0 Å². The average molecular weight is 470 g/mol. The number of aliphatic hydroxyl groups is 1. The second kappa shape index (κ2) is 13.1. The van der Waals surface area contributed by atoms with Crippen molar-refractivity contribution in [2.24, 2.45) is 10.4 Å². The number of nitrogens with one attached hydrogen (secondary N) is 2. The lowest BCUT2D eigenvalue weighted by Crippen LogP contribution is -2.41. The predicted octanol–water partition coefficient (Wildman–Crippen LogP) is 2.07. The normalized spacial score (nSPS) is 18.6. The van der Waals surface area contributed by atoms with Crippen molar-refractivity contribution in [3.63, 3.8) is 0 Å². The third-order valence-electron chi connectivity index (χ3n) is 4.51. The maximum atomic E-state index is 9.54. The van der Waals surface area contributed by atoms with Gasteiger partial charge in [-0.1, -0.05) is 20.8 Å². The number of halogens is 1. The van der Waals surface area contributed by atoms with Crippen LogP contribution in [0.25, 0.3) is 0 Å². The van der Waals surface area contributed by atoms with Gasteiger partial charge in [-0.15, -0.1) is 24.0 Å². The zero-order chi connectivity index (χ0) is 18.0. The zero-order valence-electron chi connectivity index (χ0n) is 16.7. The Morgan fingerprint density at radius 1 is 1.28 bits per heavy atom. The summed E-state index contributed by atoms with van der Waals surface area (Å²) in [6.07, 6.45) is 2.90. The fourth-order valence-corrected chi connectivity index (χ4v) is 2.87. The molecule has 0 aromatic carbocycles. The molecule has 6 nitrogen and oxygen atoms in total. The lowest BCUT2D eigenvalue weighted by atomic mass is 9.89. The van der Waals surface area contributed by atoms with Gasteiger partial charge < -0.3 is 25.4 Å². The number of aliphatic hydroxyl groups excluding tert-OH is 1. The Balaban J connectivity index is 0.00000576. The molecule has 0 saturated carbocycles. The lowest BCUT2D eigenvalue weighted by Gasteiger charge is -2.29. The highest BCUT2D eigenvalue weighted by Gasteiger charge is 2.24. The number of rotatable bonds is 8. The number of nitrogens with zero attached hydrogens (tertiary/aromatic N) is 2. The summed E-state index contributed by atoms with van der Waals surface area (Å²) in [5, 5.41) is 16.2. The van der Waals surface area contributed by atoms with Crippen molar-refractivity contribution in [1.82, 2.24) is 15.5 Å². The Kier molecular flexibility index (Phi) is 13.0. The van der Waals surface area contributed by atoms with Gasteiger partial charge in [-0.25, -0.2) is 0 Å². The Morgan fingerprint density at radius 2 is 1.92 bits per heavy atom. The summed E-state index contributed by atoms with van der Waals surface area (Å²) in [6.45, 7) is 14.1. The molecule has 150 valence electrons. The number of hydrogen-bond donors (Lipinski definition) is 3. The van der Waals surface area contributed by atoms with Gasteiger partial charge in [0.15, 0.2) is 5.96 Å². The van der Waals surface area contributed by atoms with E-state index in [1.54, 1.807) is 7.11 Å². The molecule has 1 fully saturated rings. The monoisotopic (exact) mass is 470 g/mol. The molecule has 0 bridgehead atoms. The zero-order valence-corrected chi connectivity index (χ0v) is 19.0. The highest BCUT2D eigenvalue weighted by atomic mass is 127. The minimum Gasteiger partial charge on any atom is -0.393 e. The first kappa shape index (κ1) is 24.9. The first-order valence-electron chi connectivity index (χ1n) is 9.32. The van der Waals surface area contributed by atoms with Crippen molar-refractivity contribution in [2.45, 2.75) is 59.2 Å². The number of likely N-dealkylation sites (tertiary alicyclic amines) is 1. The van der Waals surface area contributed by atoms with Crippen LogP contribution >= 0.6 is 24.0 Å². The Hall–Kier alpha value is -0.120. The molecule has 25 heavy (non-hydrogen) atoms. The van der Waals surface area contributed by atoms with Gasteiger partial charge in [0.1, 0.15) is 0 Å². The number of ether oxygens (including phenoxy) is 1. The summed E-state index contributed by atoms with van der Waals surface area (Å²) >= 11 is 0. The third-order valence-corrected chi connectivity index (χ3v) is 4.51. The van der Waals surface area contributed by atoms with Crippen LogP contribution in [0.3, 0.4) is 0 Å². The van der Waals surface area contributed by atoms with E-state index in [1.165, 1.54) is 0 Å². The molecule has 1 saturated heterocycles. The van der Waals surface area contributed by atoms with Crippen LogP contribution in [0.1, 0.15) is 47.0 Å². The number of aliphatic imine (C=N–C) groups is 1. The van der Waals surface area contributed by atoms with Crippen molar-refractivity contribution in [2.75, 3.05) is 46.4 Å². The van der Waals surface area contributed by atoms with E-state index < -0.39 is 0 Å². The van der Waals surface area contributed by atoms with Gasteiger partial charge in [0, 0.05) is 33.3 Å². The van der Waals surface area contributed by atoms with Crippen LogP contribution in [0.5, 0.6) is 0 Å². The van der Waals surface area contributed by atoms with Crippen LogP contribution in [0.15, 0.2) is 4.99 Å². The summed E-state index contributed by atoms with van der Waals surface area (Å²) < 4.78 is 5.57. The molecule has 1 rings (SSSR count). The smallest absolute Gasteiger partial charge is 0.191 e. The van der Waals surface area contributed by atoms with Crippen LogP contribution in [0, 0.1) is 5.41 Å². The topological polar surface area (TPSA) is 69.1 Å². The molecule has 0 spiro atoms. The van der Waals surface area contributed by atoms with E-state index in [-0.39, 0.29) is 41.6 Å². The molecule has 1 aliphatic rings. The molecule has 0 aromatic heterocycles. The largest absolute Gasteiger partial charge is 0.393 e. The first-order valence-corrected chi connectivity index (χ1v) is 9.32. The molecule has 1 heterocycles. The van der Waals surface area contributed by atoms with E-state index in [4.69, 9.17) is 4.74 Å². The molecule has 3 N–H and O–H groups in total. The number of methoxy groups -OCH3 is 1. The summed E-state index contributed by atoms with van der Waals surface area (Å²) in [5.74, 6) is 0.859. The number of guanidine groups is 1. The minimum absolute atomic E-state index is 0. The fourth-order valence-electron chi connectivity index (χ4n) is 2.87. The second-order valence-electron chi connectivity index (χ2n) is 7.66. The Labute approximate surface area is 171 Å². The molecular formula is C18H39IN4O2. The van der Waals surface area contributed by atoms with Crippen LogP contribution in [-0.2, 0) is 4.74 Å². The second-order valence-corrected chi connectivity index (χ2v) is 7.66. The molecule has 7 heteroatoms. The summed E-state index contributed by atoms with van der Waals surface area (Å²) in [4.78, 5) is 7.10. The van der Waals surface area contributed by atoms with E-state index in [1.807, 2.05) is 0 Å². The maximum Gasteiger partial charge on any atom is 0.191 e. The van der Waals surface area contributed by atoms with Crippen molar-refractivity contribution >= 4 is 29.9 Å². The molecule has 1 aliphatic heterocycles. The van der Waals surface area contributed by atoms with Gasteiger partial charge in [0.2, 0.25) is 0 Å². The Bertz CT molecular complexity index is 367. The van der Waals surface area contributed by atoms with Crippen molar-refractivity contribution in [3.05, 3.63) is 0 Å². The van der Waals surface area contributed by atoms with Gasteiger partial charge >= 0.3 is 0 Å². The molecular weight excluding hydrogens is 431 g/mol.